The number of allylic oxidation sites excluding steroid dienone is 1. The average molecular weight is 360 g/mol. The van der Waals surface area contributed by atoms with Crippen LogP contribution in [0.1, 0.15) is 37.8 Å². The van der Waals surface area contributed by atoms with Crippen LogP contribution in [0.15, 0.2) is 24.3 Å². The third-order valence-corrected chi connectivity index (χ3v) is 4.79. The Labute approximate surface area is 153 Å². The summed E-state index contributed by atoms with van der Waals surface area (Å²) >= 11 is 0. The Kier molecular flexibility index (Phi) is 5.30. The van der Waals surface area contributed by atoms with Crippen LogP contribution < -0.4 is 5.32 Å². The second-order valence-corrected chi connectivity index (χ2v) is 7.35. The van der Waals surface area contributed by atoms with Gasteiger partial charge in [0.1, 0.15) is 11.9 Å². The zero-order chi connectivity index (χ0) is 18.8. The van der Waals surface area contributed by atoms with Crippen molar-refractivity contribution < 1.29 is 18.7 Å². The van der Waals surface area contributed by atoms with Crippen molar-refractivity contribution in [3.05, 3.63) is 41.2 Å². The molecular weight excluding hydrogens is 335 g/mol. The van der Waals surface area contributed by atoms with Crippen LogP contribution in [0.5, 0.6) is 0 Å². The fourth-order valence-corrected chi connectivity index (χ4v) is 3.15. The molecule has 1 atom stereocenters. The maximum Gasteiger partial charge on any atom is 0.410 e. The van der Waals surface area contributed by atoms with Gasteiger partial charge >= 0.3 is 6.09 Å². The molecule has 26 heavy (non-hydrogen) atoms. The number of rotatable bonds is 6. The summed E-state index contributed by atoms with van der Waals surface area (Å²) in [6, 6.07) is 5.18. The van der Waals surface area contributed by atoms with Gasteiger partial charge in [0.25, 0.3) is 0 Å². The highest BCUT2D eigenvalue weighted by Crippen LogP contribution is 2.30. The monoisotopic (exact) mass is 360 g/mol. The van der Waals surface area contributed by atoms with Gasteiger partial charge in [-0.15, -0.1) is 0 Å². The number of benzene rings is 1. The quantitative estimate of drug-likeness (QED) is 0.792. The summed E-state index contributed by atoms with van der Waals surface area (Å²) in [4.78, 5) is 25.8. The van der Waals surface area contributed by atoms with E-state index >= 15 is 0 Å². The van der Waals surface area contributed by atoms with Crippen molar-refractivity contribution in [2.24, 2.45) is 5.92 Å². The first-order chi connectivity index (χ1) is 12.3. The number of hydrogen-bond donors (Lipinski definition) is 1. The Hall–Kier alpha value is -2.37. The van der Waals surface area contributed by atoms with E-state index in [4.69, 9.17) is 4.74 Å². The van der Waals surface area contributed by atoms with Gasteiger partial charge in [0, 0.05) is 12.1 Å². The van der Waals surface area contributed by atoms with E-state index in [0.29, 0.717) is 18.2 Å². The van der Waals surface area contributed by atoms with Crippen LogP contribution in [-0.4, -0.2) is 42.1 Å². The minimum atomic E-state index is -0.309. The van der Waals surface area contributed by atoms with E-state index in [1.165, 1.54) is 6.07 Å². The van der Waals surface area contributed by atoms with Crippen molar-refractivity contribution in [1.82, 2.24) is 10.2 Å². The molecule has 0 spiro atoms. The number of ether oxygens (including phenoxy) is 1. The molecule has 6 heteroatoms. The van der Waals surface area contributed by atoms with E-state index < -0.39 is 0 Å². The van der Waals surface area contributed by atoms with Crippen LogP contribution in [0, 0.1) is 18.7 Å². The normalized spacial score (nSPS) is 20.5. The van der Waals surface area contributed by atoms with Crippen molar-refractivity contribution in [3.63, 3.8) is 0 Å². The van der Waals surface area contributed by atoms with E-state index in [-0.39, 0.29) is 36.4 Å². The smallest absolute Gasteiger partial charge is 0.410 e. The molecule has 1 heterocycles. The number of cyclic esters (lactones) is 1. The van der Waals surface area contributed by atoms with Crippen LogP contribution in [0.4, 0.5) is 9.18 Å². The summed E-state index contributed by atoms with van der Waals surface area (Å²) in [6.45, 7) is 6.50. The first kappa shape index (κ1) is 18.4. The van der Waals surface area contributed by atoms with Gasteiger partial charge in [-0.25, -0.2) is 9.18 Å². The highest BCUT2D eigenvalue weighted by atomic mass is 19.1. The molecule has 2 aliphatic rings. The lowest BCUT2D eigenvalue weighted by molar-refractivity contribution is -0.116. The summed E-state index contributed by atoms with van der Waals surface area (Å²) in [6.07, 6.45) is 3.02. The molecule has 1 aliphatic carbocycles. The standard InChI is InChI=1S/C20H25FN2O3/c1-12(2)17(14-4-7-18(21)13(3)8-14)9-19(24)22-10-16-11-23(15-5-6-15)20(25)26-16/h4,7-9,12,15-16H,5-6,10-11H2,1-3H3,(H,22,24)/b17-9+. The molecule has 2 amide bonds. The minimum Gasteiger partial charge on any atom is -0.442 e. The number of carbonyl (C=O) groups is 2. The number of carbonyl (C=O) groups excluding carboxylic acids is 2. The second kappa shape index (κ2) is 7.48. The molecule has 0 radical (unpaired) electrons. The lowest BCUT2D eigenvalue weighted by Gasteiger charge is -2.14. The molecule has 1 aromatic carbocycles. The van der Waals surface area contributed by atoms with Crippen LogP contribution >= 0.6 is 0 Å². The lowest BCUT2D eigenvalue weighted by atomic mass is 9.93. The van der Waals surface area contributed by atoms with Gasteiger partial charge in [0.05, 0.1) is 13.1 Å². The molecule has 0 bridgehead atoms. The summed E-state index contributed by atoms with van der Waals surface area (Å²) in [5, 5.41) is 2.81. The highest BCUT2D eigenvalue weighted by Gasteiger charge is 2.40. The van der Waals surface area contributed by atoms with E-state index in [9.17, 15) is 14.0 Å². The number of amides is 2. The molecule has 5 nitrogen and oxygen atoms in total. The van der Waals surface area contributed by atoms with Crippen molar-refractivity contribution in [2.45, 2.75) is 45.8 Å². The number of nitrogens with zero attached hydrogens (tertiary/aromatic N) is 1. The van der Waals surface area contributed by atoms with Crippen molar-refractivity contribution >= 4 is 17.6 Å². The van der Waals surface area contributed by atoms with E-state index in [2.05, 4.69) is 5.32 Å². The van der Waals surface area contributed by atoms with Crippen LogP contribution in [0.25, 0.3) is 5.57 Å². The first-order valence-electron chi connectivity index (χ1n) is 9.08. The Morgan fingerprint density at radius 2 is 2.15 bits per heavy atom. The van der Waals surface area contributed by atoms with Gasteiger partial charge in [0.2, 0.25) is 5.91 Å². The molecule has 1 aliphatic heterocycles. The molecule has 0 aromatic heterocycles. The summed E-state index contributed by atoms with van der Waals surface area (Å²) in [7, 11) is 0. The van der Waals surface area contributed by atoms with Crippen LogP contribution in [0.3, 0.4) is 0 Å². The lowest BCUT2D eigenvalue weighted by Crippen LogP contribution is -2.34. The van der Waals surface area contributed by atoms with Gasteiger partial charge in [-0.2, -0.15) is 0 Å². The molecule has 1 saturated carbocycles. The Morgan fingerprint density at radius 3 is 2.77 bits per heavy atom. The third-order valence-electron chi connectivity index (χ3n) is 4.79. The van der Waals surface area contributed by atoms with Gasteiger partial charge in [-0.1, -0.05) is 19.9 Å². The fourth-order valence-electron chi connectivity index (χ4n) is 3.15. The van der Waals surface area contributed by atoms with Crippen LogP contribution in [-0.2, 0) is 9.53 Å². The predicted molar refractivity (Wildman–Crippen MR) is 97.0 cm³/mol. The predicted octanol–water partition coefficient (Wildman–Crippen LogP) is 3.27. The van der Waals surface area contributed by atoms with E-state index in [1.807, 2.05) is 13.8 Å². The zero-order valence-corrected chi connectivity index (χ0v) is 15.4. The molecule has 140 valence electrons. The summed E-state index contributed by atoms with van der Waals surface area (Å²) < 4.78 is 18.8. The second-order valence-electron chi connectivity index (χ2n) is 7.35. The molecule has 3 rings (SSSR count). The number of nitrogens with one attached hydrogen (secondary N) is 1. The third kappa shape index (κ3) is 4.23. The summed E-state index contributed by atoms with van der Waals surface area (Å²) in [5.41, 5.74) is 2.22. The maximum absolute atomic E-state index is 13.5. The van der Waals surface area contributed by atoms with E-state index in [1.54, 1.807) is 30.0 Å². The molecule has 1 unspecified atom stereocenters. The largest absolute Gasteiger partial charge is 0.442 e. The Morgan fingerprint density at radius 1 is 1.42 bits per heavy atom. The van der Waals surface area contributed by atoms with Gasteiger partial charge in [-0.05, 0) is 54.5 Å². The topological polar surface area (TPSA) is 58.6 Å². The SMILES string of the molecule is Cc1cc(/C(=C/C(=O)NCC2CN(C3CC3)C(=O)O2)C(C)C)ccc1F. The average Bonchev–Trinajstić information content (AvgIpc) is 3.36. The zero-order valence-electron chi connectivity index (χ0n) is 15.4. The number of hydrogen-bond acceptors (Lipinski definition) is 3. The molecular formula is C20H25FN2O3. The first-order valence-corrected chi connectivity index (χ1v) is 9.08. The molecule has 1 aromatic rings. The molecule has 1 N–H and O–H groups in total. The van der Waals surface area contributed by atoms with Crippen molar-refractivity contribution in [1.29, 1.82) is 0 Å². The molecule has 2 fully saturated rings. The van der Waals surface area contributed by atoms with Crippen LogP contribution in [0.2, 0.25) is 0 Å². The number of halogens is 1. The van der Waals surface area contributed by atoms with Crippen molar-refractivity contribution in [3.8, 4) is 0 Å². The van der Waals surface area contributed by atoms with Gasteiger partial charge in [0.15, 0.2) is 0 Å². The minimum absolute atomic E-state index is 0.111. The number of aryl methyl sites for hydroxylation is 1. The van der Waals surface area contributed by atoms with Gasteiger partial charge < -0.3 is 15.0 Å². The Bertz CT molecular complexity index is 741. The van der Waals surface area contributed by atoms with Crippen molar-refractivity contribution in [2.75, 3.05) is 13.1 Å². The highest BCUT2D eigenvalue weighted by molar-refractivity contribution is 5.95. The fraction of sp³-hybridized carbons (Fsp3) is 0.500. The summed E-state index contributed by atoms with van der Waals surface area (Å²) in [5.74, 6) is -0.388. The molecule has 1 saturated heterocycles. The van der Waals surface area contributed by atoms with Gasteiger partial charge in [-0.3, -0.25) is 4.79 Å². The van der Waals surface area contributed by atoms with E-state index in [0.717, 1.165) is 24.0 Å². The Balaban J connectivity index is 1.62. The maximum atomic E-state index is 13.5.